The lowest BCUT2D eigenvalue weighted by atomic mass is 10.1. The maximum absolute atomic E-state index is 11.7. The molecular formula is C13H16N2O2. The van der Waals surface area contributed by atoms with Crippen molar-refractivity contribution in [3.8, 4) is 6.07 Å². The topological polar surface area (TPSA) is 62.1 Å². The lowest BCUT2D eigenvalue weighted by Gasteiger charge is -2.05. The molecule has 0 unspecified atom stereocenters. The lowest BCUT2D eigenvalue weighted by Crippen LogP contribution is -2.25. The van der Waals surface area contributed by atoms with Gasteiger partial charge in [-0.25, -0.2) is 0 Å². The third kappa shape index (κ3) is 4.66. The predicted molar refractivity (Wildman–Crippen MR) is 64.6 cm³/mol. The standard InChI is InChI=1S/C13H16N2O2/c1-17-9-3-8-15-13(16)12-5-2-4-11(10-12)6-7-14/h2,4-5,10H,3,6,8-9H2,1H3,(H,15,16). The number of carbonyl (C=O) groups excluding carboxylic acids is 1. The number of nitrogens with one attached hydrogen (secondary N) is 1. The van der Waals surface area contributed by atoms with E-state index in [2.05, 4.69) is 11.4 Å². The average molecular weight is 232 g/mol. The molecule has 0 spiro atoms. The van der Waals surface area contributed by atoms with Gasteiger partial charge in [0, 0.05) is 25.8 Å². The highest BCUT2D eigenvalue weighted by Gasteiger charge is 2.05. The molecule has 0 aliphatic rings. The molecule has 1 amide bonds. The van der Waals surface area contributed by atoms with Crippen molar-refractivity contribution >= 4 is 5.91 Å². The van der Waals surface area contributed by atoms with Gasteiger partial charge >= 0.3 is 0 Å². The SMILES string of the molecule is COCCCNC(=O)c1cccc(CC#N)c1. The van der Waals surface area contributed by atoms with Crippen LogP contribution in [0.1, 0.15) is 22.3 Å². The van der Waals surface area contributed by atoms with Gasteiger partial charge in [-0.15, -0.1) is 0 Å². The molecule has 1 rings (SSSR count). The van der Waals surface area contributed by atoms with E-state index in [1.807, 2.05) is 6.07 Å². The van der Waals surface area contributed by atoms with Crippen LogP contribution < -0.4 is 5.32 Å². The summed E-state index contributed by atoms with van der Waals surface area (Å²) < 4.78 is 4.89. The molecule has 0 aliphatic carbocycles. The Kier molecular flexibility index (Phi) is 5.76. The van der Waals surface area contributed by atoms with E-state index in [1.165, 1.54) is 0 Å². The monoisotopic (exact) mass is 232 g/mol. The second kappa shape index (κ2) is 7.42. The summed E-state index contributed by atoms with van der Waals surface area (Å²) in [5, 5.41) is 11.4. The molecule has 0 aliphatic heterocycles. The molecule has 1 aromatic carbocycles. The Balaban J connectivity index is 2.51. The molecule has 17 heavy (non-hydrogen) atoms. The van der Waals surface area contributed by atoms with Crippen molar-refractivity contribution < 1.29 is 9.53 Å². The van der Waals surface area contributed by atoms with E-state index in [4.69, 9.17) is 10.00 Å². The van der Waals surface area contributed by atoms with Gasteiger partial charge in [0.15, 0.2) is 0 Å². The Morgan fingerprint density at radius 2 is 2.35 bits per heavy atom. The van der Waals surface area contributed by atoms with Crippen LogP contribution >= 0.6 is 0 Å². The predicted octanol–water partition coefficient (Wildman–Crippen LogP) is 1.52. The number of methoxy groups -OCH3 is 1. The largest absolute Gasteiger partial charge is 0.385 e. The van der Waals surface area contributed by atoms with Gasteiger partial charge in [-0.2, -0.15) is 5.26 Å². The first-order valence-electron chi connectivity index (χ1n) is 5.51. The molecule has 90 valence electrons. The first-order valence-corrected chi connectivity index (χ1v) is 5.51. The van der Waals surface area contributed by atoms with Crippen LogP contribution in [0.5, 0.6) is 0 Å². The molecule has 0 saturated heterocycles. The molecule has 4 nitrogen and oxygen atoms in total. The number of hydrogen-bond acceptors (Lipinski definition) is 3. The van der Waals surface area contributed by atoms with Crippen LogP contribution in [0.15, 0.2) is 24.3 Å². The minimum atomic E-state index is -0.110. The van der Waals surface area contributed by atoms with Gasteiger partial charge in [0.1, 0.15) is 0 Å². The molecule has 0 atom stereocenters. The van der Waals surface area contributed by atoms with E-state index in [9.17, 15) is 4.79 Å². The fourth-order valence-electron chi connectivity index (χ4n) is 1.43. The van der Waals surface area contributed by atoms with Gasteiger partial charge < -0.3 is 10.1 Å². The van der Waals surface area contributed by atoms with Gasteiger partial charge in [0.25, 0.3) is 5.91 Å². The van der Waals surface area contributed by atoms with E-state index in [0.29, 0.717) is 25.1 Å². The number of carbonyl (C=O) groups is 1. The first-order chi connectivity index (χ1) is 8.27. The zero-order valence-electron chi connectivity index (χ0n) is 9.90. The Labute approximate surface area is 101 Å². The zero-order chi connectivity index (χ0) is 12.5. The highest BCUT2D eigenvalue weighted by atomic mass is 16.5. The second-order valence-corrected chi connectivity index (χ2v) is 3.64. The molecule has 0 saturated carbocycles. The quantitative estimate of drug-likeness (QED) is 0.756. The van der Waals surface area contributed by atoms with Crippen molar-refractivity contribution in [2.75, 3.05) is 20.3 Å². The second-order valence-electron chi connectivity index (χ2n) is 3.64. The van der Waals surface area contributed by atoms with Crippen LogP contribution in [-0.4, -0.2) is 26.2 Å². The molecule has 1 N–H and O–H groups in total. The maximum atomic E-state index is 11.7. The summed E-state index contributed by atoms with van der Waals surface area (Å²) in [5.74, 6) is -0.110. The third-order valence-corrected chi connectivity index (χ3v) is 2.28. The normalized spacial score (nSPS) is 9.65. The van der Waals surface area contributed by atoms with E-state index < -0.39 is 0 Å². The summed E-state index contributed by atoms with van der Waals surface area (Å²) in [5.41, 5.74) is 1.45. The van der Waals surface area contributed by atoms with Crippen molar-refractivity contribution in [2.45, 2.75) is 12.8 Å². The molecule has 4 heteroatoms. The van der Waals surface area contributed by atoms with Crippen LogP contribution in [0.3, 0.4) is 0 Å². The van der Waals surface area contributed by atoms with Crippen LogP contribution in [0, 0.1) is 11.3 Å². The number of nitrogens with zero attached hydrogens (tertiary/aromatic N) is 1. The van der Waals surface area contributed by atoms with Crippen molar-refractivity contribution in [3.63, 3.8) is 0 Å². The van der Waals surface area contributed by atoms with Gasteiger partial charge in [-0.1, -0.05) is 12.1 Å². The maximum Gasteiger partial charge on any atom is 0.251 e. The summed E-state index contributed by atoms with van der Waals surface area (Å²) in [6, 6.07) is 9.18. The first kappa shape index (κ1) is 13.2. The van der Waals surface area contributed by atoms with Gasteiger partial charge in [-0.05, 0) is 24.1 Å². The number of nitriles is 1. The molecule has 0 fully saturated rings. The average Bonchev–Trinajstić information content (AvgIpc) is 2.35. The van der Waals surface area contributed by atoms with Crippen molar-refractivity contribution in [1.29, 1.82) is 5.26 Å². The van der Waals surface area contributed by atoms with Crippen LogP contribution in [-0.2, 0) is 11.2 Å². The summed E-state index contributed by atoms with van der Waals surface area (Å²) in [4.78, 5) is 11.7. The summed E-state index contributed by atoms with van der Waals surface area (Å²) in [6.45, 7) is 1.23. The van der Waals surface area contributed by atoms with Gasteiger partial charge in [0.05, 0.1) is 12.5 Å². The van der Waals surface area contributed by atoms with Crippen LogP contribution in [0.25, 0.3) is 0 Å². The molecule has 0 heterocycles. The lowest BCUT2D eigenvalue weighted by molar-refractivity contribution is 0.0948. The van der Waals surface area contributed by atoms with E-state index in [-0.39, 0.29) is 5.91 Å². The zero-order valence-corrected chi connectivity index (χ0v) is 9.90. The fraction of sp³-hybridized carbons (Fsp3) is 0.385. The highest BCUT2D eigenvalue weighted by molar-refractivity contribution is 5.94. The summed E-state index contributed by atoms with van der Waals surface area (Å²) in [7, 11) is 1.63. The van der Waals surface area contributed by atoms with Crippen molar-refractivity contribution in [3.05, 3.63) is 35.4 Å². The minimum Gasteiger partial charge on any atom is -0.385 e. The van der Waals surface area contributed by atoms with Crippen LogP contribution in [0.4, 0.5) is 0 Å². The van der Waals surface area contributed by atoms with Crippen LogP contribution in [0.2, 0.25) is 0 Å². The number of amides is 1. The molecule has 0 bridgehead atoms. The fourth-order valence-corrected chi connectivity index (χ4v) is 1.43. The molecule has 1 aromatic rings. The van der Waals surface area contributed by atoms with Crippen molar-refractivity contribution in [2.24, 2.45) is 0 Å². The molecule has 0 radical (unpaired) electrons. The Morgan fingerprint density at radius 3 is 3.06 bits per heavy atom. The Bertz CT molecular complexity index is 410. The number of benzene rings is 1. The van der Waals surface area contributed by atoms with E-state index in [0.717, 1.165) is 12.0 Å². The van der Waals surface area contributed by atoms with E-state index in [1.54, 1.807) is 25.3 Å². The summed E-state index contributed by atoms with van der Waals surface area (Å²) in [6.07, 6.45) is 1.12. The van der Waals surface area contributed by atoms with Crippen molar-refractivity contribution in [1.82, 2.24) is 5.32 Å². The number of hydrogen-bond donors (Lipinski definition) is 1. The number of rotatable bonds is 6. The summed E-state index contributed by atoms with van der Waals surface area (Å²) >= 11 is 0. The minimum absolute atomic E-state index is 0.110. The van der Waals surface area contributed by atoms with E-state index >= 15 is 0 Å². The van der Waals surface area contributed by atoms with Gasteiger partial charge in [0.2, 0.25) is 0 Å². The number of ether oxygens (including phenoxy) is 1. The third-order valence-electron chi connectivity index (χ3n) is 2.28. The highest BCUT2D eigenvalue weighted by Crippen LogP contribution is 2.05. The molecular weight excluding hydrogens is 216 g/mol. The smallest absolute Gasteiger partial charge is 0.251 e. The Hall–Kier alpha value is -1.86. The van der Waals surface area contributed by atoms with Gasteiger partial charge in [-0.3, -0.25) is 4.79 Å². The Morgan fingerprint density at radius 1 is 1.53 bits per heavy atom. The molecule has 0 aromatic heterocycles.